The molecule has 3 aromatic rings. The highest BCUT2D eigenvalue weighted by atomic mass is 32.1. The predicted molar refractivity (Wildman–Crippen MR) is 115 cm³/mol. The number of para-hydroxylation sites is 1. The maximum absolute atomic E-state index is 12.5. The average Bonchev–Trinajstić information content (AvgIpc) is 3.17. The van der Waals surface area contributed by atoms with Crippen LogP contribution in [0.4, 0.5) is 18.9 Å². The Bertz CT molecular complexity index is 1090. The molecule has 1 saturated heterocycles. The number of carbonyl (C=O) groups is 1. The van der Waals surface area contributed by atoms with Crippen LogP contribution in [0.3, 0.4) is 0 Å². The Morgan fingerprint density at radius 1 is 1.25 bits per heavy atom. The second-order valence-electron chi connectivity index (χ2n) is 7.25. The maximum atomic E-state index is 12.5. The molecule has 0 atom stereocenters. The summed E-state index contributed by atoms with van der Waals surface area (Å²) in [6.45, 7) is 3.03. The minimum absolute atomic E-state index is 0.0855. The minimum Gasteiger partial charge on any atom is -0.475 e. The molecule has 2 aromatic heterocycles. The van der Waals surface area contributed by atoms with Crippen LogP contribution in [0.25, 0.3) is 10.2 Å². The molecule has 1 fully saturated rings. The molecule has 0 saturated carbocycles. The van der Waals surface area contributed by atoms with Gasteiger partial charge in [0.05, 0.1) is 28.6 Å². The van der Waals surface area contributed by atoms with E-state index in [0.29, 0.717) is 12.5 Å². The van der Waals surface area contributed by atoms with Crippen LogP contribution in [0.1, 0.15) is 17.8 Å². The first-order valence-electron chi connectivity index (χ1n) is 9.84. The van der Waals surface area contributed by atoms with Gasteiger partial charge in [0, 0.05) is 19.2 Å². The van der Waals surface area contributed by atoms with Crippen molar-refractivity contribution >= 4 is 33.2 Å². The third-order valence-electron chi connectivity index (χ3n) is 5.03. The van der Waals surface area contributed by atoms with Gasteiger partial charge in [-0.15, -0.1) is 11.3 Å². The van der Waals surface area contributed by atoms with Crippen LogP contribution >= 0.6 is 11.3 Å². The number of halogens is 3. The van der Waals surface area contributed by atoms with Crippen molar-refractivity contribution < 1.29 is 23.1 Å². The van der Waals surface area contributed by atoms with Gasteiger partial charge in [-0.05, 0) is 37.4 Å². The predicted octanol–water partition coefficient (Wildman–Crippen LogP) is 2.71. The summed E-state index contributed by atoms with van der Waals surface area (Å²) in [6, 6.07) is 9.68. The molecule has 32 heavy (non-hydrogen) atoms. The topological polar surface area (TPSA) is 114 Å². The summed E-state index contributed by atoms with van der Waals surface area (Å²) in [4.78, 5) is 28.1. The van der Waals surface area contributed by atoms with E-state index >= 15 is 0 Å². The molecule has 1 aliphatic heterocycles. The summed E-state index contributed by atoms with van der Waals surface area (Å²) >= 11 is 1.60. The van der Waals surface area contributed by atoms with E-state index in [1.165, 1.54) is 4.68 Å². The van der Waals surface area contributed by atoms with Crippen LogP contribution in [0.2, 0.25) is 0 Å². The zero-order valence-electron chi connectivity index (χ0n) is 17.0. The molecule has 0 radical (unpaired) electrons. The van der Waals surface area contributed by atoms with Gasteiger partial charge in [-0.25, -0.2) is 14.5 Å². The molecule has 4 rings (SSSR count). The Hall–Kier alpha value is -2.99. The lowest BCUT2D eigenvalue weighted by molar-refractivity contribution is -0.192. The number of piperidine rings is 1. The van der Waals surface area contributed by atoms with Crippen LogP contribution in [-0.2, 0) is 11.3 Å². The molecule has 0 amide bonds. The van der Waals surface area contributed by atoms with Gasteiger partial charge < -0.3 is 15.7 Å². The summed E-state index contributed by atoms with van der Waals surface area (Å²) in [6.07, 6.45) is -1.14. The van der Waals surface area contributed by atoms with Gasteiger partial charge in [-0.1, -0.05) is 12.1 Å². The third kappa shape index (κ3) is 6.04. The number of benzene rings is 1. The van der Waals surface area contributed by atoms with E-state index in [-0.39, 0.29) is 5.56 Å². The molecule has 3 heterocycles. The molecular formula is C20H22F3N5O3S. The van der Waals surface area contributed by atoms with Crippen molar-refractivity contribution in [3.05, 3.63) is 51.9 Å². The van der Waals surface area contributed by atoms with E-state index in [1.807, 2.05) is 24.3 Å². The number of aliphatic carboxylic acids is 1. The second kappa shape index (κ2) is 10.1. The number of alkyl halides is 3. The Labute approximate surface area is 185 Å². The number of nitrogens with zero attached hydrogens (tertiary/aromatic N) is 4. The van der Waals surface area contributed by atoms with Gasteiger partial charge in [0.15, 0.2) is 0 Å². The quantitative estimate of drug-likeness (QED) is 0.604. The van der Waals surface area contributed by atoms with Crippen LogP contribution < -0.4 is 16.2 Å². The smallest absolute Gasteiger partial charge is 0.475 e. The fraction of sp³-hybridized carbons (Fsp3) is 0.400. The Kier molecular flexibility index (Phi) is 7.46. The summed E-state index contributed by atoms with van der Waals surface area (Å²) in [5.41, 5.74) is 7.53. The van der Waals surface area contributed by atoms with Gasteiger partial charge in [-0.2, -0.15) is 18.3 Å². The van der Waals surface area contributed by atoms with Crippen LogP contribution in [-0.4, -0.2) is 51.7 Å². The van der Waals surface area contributed by atoms with Crippen LogP contribution in [0, 0.1) is 5.92 Å². The highest BCUT2D eigenvalue weighted by molar-refractivity contribution is 7.18. The number of fused-ring (bicyclic) bond motifs is 1. The summed E-state index contributed by atoms with van der Waals surface area (Å²) in [5, 5.41) is 12.4. The lowest BCUT2D eigenvalue weighted by Crippen LogP contribution is -2.37. The molecule has 0 aliphatic carbocycles. The van der Waals surface area contributed by atoms with Gasteiger partial charge in [-0.3, -0.25) is 4.79 Å². The molecular weight excluding hydrogens is 447 g/mol. The summed E-state index contributed by atoms with van der Waals surface area (Å²) < 4.78 is 34.3. The van der Waals surface area contributed by atoms with Crippen molar-refractivity contribution in [2.75, 3.05) is 24.5 Å². The maximum Gasteiger partial charge on any atom is 0.490 e. The largest absolute Gasteiger partial charge is 0.490 e. The van der Waals surface area contributed by atoms with Crippen molar-refractivity contribution in [2.24, 2.45) is 11.7 Å². The van der Waals surface area contributed by atoms with E-state index < -0.39 is 12.1 Å². The molecule has 0 spiro atoms. The number of nitrogens with two attached hydrogens (primary N) is 1. The SMILES string of the molecule is NCC1CCN(c2cnn(Cc3nc4ccccc4s3)c(=O)c2)CC1.O=C(O)C(F)(F)F. The molecule has 12 heteroatoms. The second-order valence-corrected chi connectivity index (χ2v) is 8.37. The van der Waals surface area contributed by atoms with Crippen molar-refractivity contribution in [1.29, 1.82) is 0 Å². The number of anilines is 1. The third-order valence-corrected chi connectivity index (χ3v) is 6.06. The zero-order valence-corrected chi connectivity index (χ0v) is 17.8. The van der Waals surface area contributed by atoms with E-state index in [2.05, 4.69) is 15.0 Å². The van der Waals surface area contributed by atoms with E-state index in [9.17, 15) is 18.0 Å². The highest BCUT2D eigenvalue weighted by Gasteiger charge is 2.38. The number of aromatic nitrogens is 3. The first-order valence-corrected chi connectivity index (χ1v) is 10.7. The standard InChI is InChI=1S/C18H21N5OS.C2HF3O2/c19-10-13-5-7-22(8-6-13)14-9-18(24)23(20-11-14)12-17-21-15-3-1-2-4-16(15)25-17;3-2(4,5)1(6)7/h1-4,9,11,13H,5-8,10,12,19H2;(H,6,7). The average molecular weight is 469 g/mol. The number of rotatable bonds is 4. The molecule has 0 bridgehead atoms. The van der Waals surface area contributed by atoms with Crippen molar-refractivity contribution in [3.8, 4) is 0 Å². The Morgan fingerprint density at radius 2 is 1.91 bits per heavy atom. The Balaban J connectivity index is 0.000000360. The van der Waals surface area contributed by atoms with E-state index in [0.717, 1.165) is 53.4 Å². The molecule has 1 aromatic carbocycles. The lowest BCUT2D eigenvalue weighted by Gasteiger charge is -2.32. The monoisotopic (exact) mass is 469 g/mol. The fourth-order valence-corrected chi connectivity index (χ4v) is 4.21. The number of hydrogen-bond acceptors (Lipinski definition) is 7. The van der Waals surface area contributed by atoms with Gasteiger partial charge in [0.2, 0.25) is 0 Å². The number of carboxylic acid groups (broad SMARTS) is 1. The highest BCUT2D eigenvalue weighted by Crippen LogP contribution is 2.23. The normalized spacial score (nSPS) is 14.8. The number of carboxylic acids is 1. The molecule has 3 N–H and O–H groups in total. The van der Waals surface area contributed by atoms with Crippen molar-refractivity contribution in [2.45, 2.75) is 25.6 Å². The molecule has 1 aliphatic rings. The number of thiazole rings is 1. The fourth-order valence-electron chi connectivity index (χ4n) is 3.26. The molecule has 172 valence electrons. The van der Waals surface area contributed by atoms with Gasteiger partial charge in [0.1, 0.15) is 5.01 Å². The van der Waals surface area contributed by atoms with E-state index in [4.69, 9.17) is 15.6 Å². The first-order chi connectivity index (χ1) is 15.2. The molecule has 8 nitrogen and oxygen atoms in total. The summed E-state index contributed by atoms with van der Waals surface area (Å²) in [7, 11) is 0. The number of hydrogen-bond donors (Lipinski definition) is 2. The molecule has 0 unspecified atom stereocenters. The summed E-state index contributed by atoms with van der Waals surface area (Å²) in [5.74, 6) is -2.16. The lowest BCUT2D eigenvalue weighted by atomic mass is 9.97. The van der Waals surface area contributed by atoms with Crippen molar-refractivity contribution in [3.63, 3.8) is 0 Å². The Morgan fingerprint density at radius 3 is 2.47 bits per heavy atom. The van der Waals surface area contributed by atoms with E-state index in [1.54, 1.807) is 23.6 Å². The minimum atomic E-state index is -5.08. The van der Waals surface area contributed by atoms with Gasteiger partial charge >= 0.3 is 12.1 Å². The van der Waals surface area contributed by atoms with Crippen molar-refractivity contribution in [1.82, 2.24) is 14.8 Å². The van der Waals surface area contributed by atoms with Crippen LogP contribution in [0.5, 0.6) is 0 Å². The zero-order chi connectivity index (χ0) is 23.3. The first kappa shape index (κ1) is 23.7. The van der Waals surface area contributed by atoms with Gasteiger partial charge in [0.25, 0.3) is 5.56 Å². The van der Waals surface area contributed by atoms with Crippen LogP contribution in [0.15, 0.2) is 41.3 Å².